The number of fused-ring (bicyclic) bond motifs is 3. The number of thiophene rings is 1. The number of amides is 1. The molecule has 0 unspecified atom stereocenters. The molecule has 1 aliphatic rings. The maximum absolute atomic E-state index is 12.8. The van der Waals surface area contributed by atoms with Crippen molar-refractivity contribution in [1.29, 1.82) is 0 Å². The van der Waals surface area contributed by atoms with Crippen LogP contribution >= 0.6 is 22.9 Å². The number of benzene rings is 1. The number of pyridine rings is 1. The number of carbonyl (C=O) groups excluding carboxylic acids is 1. The molecule has 27 heavy (non-hydrogen) atoms. The minimum Gasteiger partial charge on any atom is -0.506 e. The van der Waals surface area contributed by atoms with E-state index in [2.05, 4.69) is 10.3 Å². The Balaban J connectivity index is 1.81. The molecule has 3 aromatic rings. The zero-order valence-corrected chi connectivity index (χ0v) is 16.4. The van der Waals surface area contributed by atoms with Gasteiger partial charge in [0.25, 0.3) is 11.5 Å². The van der Waals surface area contributed by atoms with E-state index in [1.165, 1.54) is 16.2 Å². The van der Waals surface area contributed by atoms with Crippen LogP contribution in [0.25, 0.3) is 10.2 Å². The first-order valence-corrected chi connectivity index (χ1v) is 10.1. The Morgan fingerprint density at radius 1 is 1.26 bits per heavy atom. The molecule has 0 bridgehead atoms. The summed E-state index contributed by atoms with van der Waals surface area (Å²) in [5.74, 6) is -0.875. The maximum Gasteiger partial charge on any atom is 0.265 e. The molecule has 0 atom stereocenters. The van der Waals surface area contributed by atoms with Gasteiger partial charge >= 0.3 is 0 Å². The Bertz CT molecular complexity index is 1120. The second-order valence-electron chi connectivity index (χ2n) is 6.86. The minimum atomic E-state index is -0.644. The number of aryl methyl sites for hydroxylation is 3. The number of aromatic hydroxyl groups is 1. The zero-order valence-electron chi connectivity index (χ0n) is 14.8. The van der Waals surface area contributed by atoms with E-state index in [4.69, 9.17) is 11.6 Å². The third-order valence-electron chi connectivity index (χ3n) is 5.02. The van der Waals surface area contributed by atoms with Crippen LogP contribution in [0.5, 0.6) is 5.75 Å². The fourth-order valence-corrected chi connectivity index (χ4v) is 5.06. The number of rotatable bonds is 2. The molecule has 0 radical (unpaired) electrons. The molecule has 140 valence electrons. The lowest BCUT2D eigenvalue weighted by molar-refractivity contribution is 0.102. The number of hydrogen-bond acceptors (Lipinski definition) is 4. The second-order valence-corrected chi connectivity index (χ2v) is 8.40. The summed E-state index contributed by atoms with van der Waals surface area (Å²) in [6.45, 7) is 1.83. The van der Waals surface area contributed by atoms with Gasteiger partial charge in [0.15, 0.2) is 0 Å². The summed E-state index contributed by atoms with van der Waals surface area (Å²) < 4.78 is 0. The maximum atomic E-state index is 12.8. The van der Waals surface area contributed by atoms with Gasteiger partial charge in [-0.15, -0.1) is 11.3 Å². The number of aromatic nitrogens is 1. The number of aromatic amines is 1. The van der Waals surface area contributed by atoms with Crippen LogP contribution in [0, 0.1) is 6.92 Å². The standard InChI is InChI=1S/C20H19ClN2O3S/c1-10-7-8-11(21)9-13(10)22-18(25)16-17(24)15-12-5-3-2-4-6-14(12)27-20(15)23-19(16)26/h7-9H,2-6H2,1H3,(H,22,25)(H2,23,24,26). The zero-order chi connectivity index (χ0) is 19.1. The van der Waals surface area contributed by atoms with Crippen LogP contribution in [-0.2, 0) is 12.8 Å². The Morgan fingerprint density at radius 3 is 2.85 bits per heavy atom. The van der Waals surface area contributed by atoms with Gasteiger partial charge in [0.2, 0.25) is 0 Å². The number of anilines is 1. The summed E-state index contributed by atoms with van der Waals surface area (Å²) in [5.41, 5.74) is 1.54. The summed E-state index contributed by atoms with van der Waals surface area (Å²) in [4.78, 5) is 29.9. The van der Waals surface area contributed by atoms with Crippen LogP contribution in [0.15, 0.2) is 23.0 Å². The molecule has 3 N–H and O–H groups in total. The van der Waals surface area contributed by atoms with E-state index < -0.39 is 11.5 Å². The lowest BCUT2D eigenvalue weighted by atomic mass is 10.0. The van der Waals surface area contributed by atoms with Crippen molar-refractivity contribution in [2.45, 2.75) is 39.0 Å². The minimum absolute atomic E-state index is 0.231. The molecule has 5 nitrogen and oxygen atoms in total. The van der Waals surface area contributed by atoms with E-state index in [1.807, 2.05) is 6.92 Å². The van der Waals surface area contributed by atoms with E-state index in [1.54, 1.807) is 18.2 Å². The third-order valence-corrected chi connectivity index (χ3v) is 6.47. The molecule has 0 saturated heterocycles. The molecule has 2 aromatic heterocycles. The van der Waals surface area contributed by atoms with Gasteiger partial charge in [-0.3, -0.25) is 9.59 Å². The fraction of sp³-hybridized carbons (Fsp3) is 0.300. The van der Waals surface area contributed by atoms with E-state index in [0.717, 1.165) is 43.2 Å². The highest BCUT2D eigenvalue weighted by molar-refractivity contribution is 7.18. The van der Waals surface area contributed by atoms with E-state index >= 15 is 0 Å². The number of carbonyl (C=O) groups is 1. The van der Waals surface area contributed by atoms with Crippen molar-refractivity contribution in [3.8, 4) is 5.75 Å². The molecule has 1 aromatic carbocycles. The van der Waals surface area contributed by atoms with Crippen molar-refractivity contribution >= 4 is 44.7 Å². The average molecular weight is 403 g/mol. The van der Waals surface area contributed by atoms with Crippen molar-refractivity contribution in [1.82, 2.24) is 4.98 Å². The number of H-pyrrole nitrogens is 1. The highest BCUT2D eigenvalue weighted by Gasteiger charge is 2.25. The SMILES string of the molecule is Cc1ccc(Cl)cc1NC(=O)c1c(O)c2c3c(sc2[nH]c1=O)CCCCC3. The van der Waals surface area contributed by atoms with Gasteiger partial charge in [-0.05, 0) is 55.9 Å². The van der Waals surface area contributed by atoms with Crippen LogP contribution in [0.3, 0.4) is 0 Å². The second kappa shape index (κ2) is 7.02. The van der Waals surface area contributed by atoms with Crippen LogP contribution in [-0.4, -0.2) is 16.0 Å². The molecule has 0 saturated carbocycles. The summed E-state index contributed by atoms with van der Waals surface area (Å²) in [6.07, 6.45) is 5.09. The van der Waals surface area contributed by atoms with Gasteiger partial charge in [0, 0.05) is 15.6 Å². The predicted octanol–water partition coefficient (Wildman–Crippen LogP) is 4.78. The average Bonchev–Trinajstić information content (AvgIpc) is 2.79. The van der Waals surface area contributed by atoms with E-state index in [9.17, 15) is 14.7 Å². The molecule has 0 aliphatic heterocycles. The topological polar surface area (TPSA) is 82.2 Å². The highest BCUT2D eigenvalue weighted by atomic mass is 35.5. The van der Waals surface area contributed by atoms with Crippen LogP contribution in [0.4, 0.5) is 5.69 Å². The van der Waals surface area contributed by atoms with Crippen LogP contribution < -0.4 is 10.9 Å². The molecular weight excluding hydrogens is 384 g/mol. The van der Waals surface area contributed by atoms with Crippen LogP contribution in [0.2, 0.25) is 5.02 Å². The Hall–Kier alpha value is -2.31. The Labute approximate surface area is 165 Å². The molecule has 7 heteroatoms. The quantitative estimate of drug-likeness (QED) is 0.539. The number of nitrogens with one attached hydrogen (secondary N) is 2. The lowest BCUT2D eigenvalue weighted by Crippen LogP contribution is -2.23. The molecule has 1 amide bonds. The first-order chi connectivity index (χ1) is 13.0. The molecular formula is C20H19ClN2O3S. The highest BCUT2D eigenvalue weighted by Crippen LogP contribution is 2.39. The molecule has 1 aliphatic carbocycles. The monoisotopic (exact) mass is 402 g/mol. The van der Waals surface area contributed by atoms with Crippen LogP contribution in [0.1, 0.15) is 45.6 Å². The molecule has 2 heterocycles. The normalized spacial score (nSPS) is 14.0. The van der Waals surface area contributed by atoms with Gasteiger partial charge in [0.05, 0.1) is 5.39 Å². The summed E-state index contributed by atoms with van der Waals surface area (Å²) >= 11 is 7.51. The predicted molar refractivity (Wildman–Crippen MR) is 110 cm³/mol. The van der Waals surface area contributed by atoms with Crippen molar-refractivity contribution in [2.24, 2.45) is 0 Å². The fourth-order valence-electron chi connectivity index (χ4n) is 3.60. The van der Waals surface area contributed by atoms with Gasteiger partial charge in [-0.1, -0.05) is 24.1 Å². The first kappa shape index (κ1) is 18.1. The van der Waals surface area contributed by atoms with Gasteiger partial charge in [-0.25, -0.2) is 0 Å². The largest absolute Gasteiger partial charge is 0.506 e. The van der Waals surface area contributed by atoms with Crippen molar-refractivity contribution < 1.29 is 9.90 Å². The molecule has 4 rings (SSSR count). The first-order valence-electron chi connectivity index (χ1n) is 8.92. The van der Waals surface area contributed by atoms with E-state index in [-0.39, 0.29) is 11.3 Å². The van der Waals surface area contributed by atoms with Crippen molar-refractivity contribution in [3.05, 3.63) is 55.1 Å². The van der Waals surface area contributed by atoms with Gasteiger partial charge < -0.3 is 15.4 Å². The number of halogens is 1. The van der Waals surface area contributed by atoms with Crippen molar-refractivity contribution in [2.75, 3.05) is 5.32 Å². The third kappa shape index (κ3) is 3.24. The lowest BCUT2D eigenvalue weighted by Gasteiger charge is -2.10. The summed E-state index contributed by atoms with van der Waals surface area (Å²) in [5, 5.41) is 14.6. The Kier molecular flexibility index (Phi) is 4.70. The van der Waals surface area contributed by atoms with E-state index in [0.29, 0.717) is 20.9 Å². The molecule has 0 fully saturated rings. The smallest absolute Gasteiger partial charge is 0.265 e. The van der Waals surface area contributed by atoms with Crippen molar-refractivity contribution in [3.63, 3.8) is 0 Å². The van der Waals surface area contributed by atoms with Gasteiger partial charge in [-0.2, -0.15) is 0 Å². The summed E-state index contributed by atoms with van der Waals surface area (Å²) in [7, 11) is 0. The molecule has 0 spiro atoms. The Morgan fingerprint density at radius 2 is 2.04 bits per heavy atom. The van der Waals surface area contributed by atoms with Gasteiger partial charge in [0.1, 0.15) is 16.1 Å². The number of hydrogen-bond donors (Lipinski definition) is 3. The summed E-state index contributed by atoms with van der Waals surface area (Å²) in [6, 6.07) is 5.13.